The fourth-order valence-corrected chi connectivity index (χ4v) is 3.61. The molecule has 0 aliphatic rings. The van der Waals surface area contributed by atoms with E-state index in [9.17, 15) is 19.8 Å². The van der Waals surface area contributed by atoms with E-state index in [2.05, 4.69) is 15.5 Å². The van der Waals surface area contributed by atoms with Gasteiger partial charge >= 0.3 is 5.69 Å². The van der Waals surface area contributed by atoms with Crippen LogP contribution in [-0.2, 0) is 11.3 Å². The Kier molecular flexibility index (Phi) is 7.89. The van der Waals surface area contributed by atoms with Crippen molar-refractivity contribution in [2.24, 2.45) is 5.73 Å². The van der Waals surface area contributed by atoms with Gasteiger partial charge in [0.2, 0.25) is 5.91 Å². The summed E-state index contributed by atoms with van der Waals surface area (Å²) >= 11 is 0. The Labute approximate surface area is 192 Å². The van der Waals surface area contributed by atoms with Gasteiger partial charge in [-0.25, -0.2) is 14.5 Å². The number of carbonyl (C=O) groups excluding carboxylic acids is 1. The minimum Gasteiger partial charge on any atom is -0.508 e. The third-order valence-corrected chi connectivity index (χ3v) is 5.47. The number of phenols is 2. The van der Waals surface area contributed by atoms with Gasteiger partial charge < -0.3 is 21.3 Å². The molecule has 1 aromatic heterocycles. The smallest absolute Gasteiger partial charge is 0.348 e. The molecule has 0 saturated carbocycles. The Morgan fingerprint density at radius 3 is 2.52 bits per heavy atom. The molecule has 9 heteroatoms. The fourth-order valence-electron chi connectivity index (χ4n) is 3.61. The molecule has 1 heterocycles. The van der Waals surface area contributed by atoms with Gasteiger partial charge in [0, 0.05) is 19.0 Å². The maximum absolute atomic E-state index is 12.5. The monoisotopic (exact) mass is 453 g/mol. The van der Waals surface area contributed by atoms with Gasteiger partial charge in [-0.05, 0) is 54.6 Å². The van der Waals surface area contributed by atoms with Crippen molar-refractivity contribution in [3.05, 3.63) is 58.0 Å². The highest BCUT2D eigenvalue weighted by molar-refractivity contribution is 5.75. The second-order valence-corrected chi connectivity index (χ2v) is 8.31. The number of aromatic nitrogens is 3. The molecule has 0 radical (unpaired) electrons. The molecule has 0 bridgehead atoms. The van der Waals surface area contributed by atoms with Crippen LogP contribution in [0, 0.1) is 0 Å². The molecule has 0 saturated heterocycles. The number of carbonyl (C=O) groups is 1. The van der Waals surface area contributed by atoms with Crippen molar-refractivity contribution >= 4 is 5.91 Å². The van der Waals surface area contributed by atoms with Crippen LogP contribution in [0.25, 0.3) is 17.1 Å². The number of nitrogens with two attached hydrogens (primary N) is 1. The number of hydrogen-bond donors (Lipinski definition) is 5. The molecule has 3 rings (SSSR count). The summed E-state index contributed by atoms with van der Waals surface area (Å²) in [6.07, 6.45) is 3.15. The molecule has 176 valence electrons. The highest BCUT2D eigenvalue weighted by Gasteiger charge is 2.19. The Morgan fingerprint density at radius 2 is 1.85 bits per heavy atom. The van der Waals surface area contributed by atoms with E-state index in [4.69, 9.17) is 5.73 Å². The van der Waals surface area contributed by atoms with E-state index in [-0.39, 0.29) is 29.1 Å². The van der Waals surface area contributed by atoms with Gasteiger partial charge in [-0.1, -0.05) is 32.4 Å². The van der Waals surface area contributed by atoms with Crippen molar-refractivity contribution in [2.45, 2.75) is 52.0 Å². The number of phenolic OH excluding ortho intramolecular Hbond substituents is 2. The zero-order valence-electron chi connectivity index (χ0n) is 19.0. The zero-order valence-corrected chi connectivity index (χ0v) is 19.0. The van der Waals surface area contributed by atoms with E-state index in [1.54, 1.807) is 18.2 Å². The number of amides is 1. The summed E-state index contributed by atoms with van der Waals surface area (Å²) in [5, 5.41) is 30.0. The van der Waals surface area contributed by atoms with Crippen molar-refractivity contribution in [3.8, 4) is 28.6 Å². The molecule has 0 fully saturated rings. The molecule has 2 aromatic carbocycles. The number of nitrogens with zero attached hydrogens (tertiary/aromatic N) is 2. The Bertz CT molecular complexity index is 1150. The van der Waals surface area contributed by atoms with E-state index in [1.807, 2.05) is 26.0 Å². The number of H-pyrrole nitrogens is 1. The molecule has 0 aliphatic carbocycles. The predicted molar refractivity (Wildman–Crippen MR) is 126 cm³/mol. The summed E-state index contributed by atoms with van der Waals surface area (Å²) in [4.78, 5) is 24.5. The van der Waals surface area contributed by atoms with E-state index in [0.29, 0.717) is 36.3 Å². The third-order valence-electron chi connectivity index (χ3n) is 5.47. The summed E-state index contributed by atoms with van der Waals surface area (Å²) in [5.41, 5.74) is 7.42. The molecular formula is C24H31N5O4. The quantitative estimate of drug-likeness (QED) is 0.298. The van der Waals surface area contributed by atoms with Crippen LogP contribution in [0.4, 0.5) is 0 Å². The summed E-state index contributed by atoms with van der Waals surface area (Å²) in [6.45, 7) is 4.87. The van der Waals surface area contributed by atoms with Crippen LogP contribution in [0.2, 0.25) is 0 Å². The van der Waals surface area contributed by atoms with Crippen LogP contribution < -0.4 is 16.7 Å². The summed E-state index contributed by atoms with van der Waals surface area (Å²) < 4.78 is 1.36. The highest BCUT2D eigenvalue weighted by Crippen LogP contribution is 2.37. The maximum atomic E-state index is 12.5. The lowest BCUT2D eigenvalue weighted by Crippen LogP contribution is -2.22. The van der Waals surface area contributed by atoms with Gasteiger partial charge in [0.05, 0.1) is 11.3 Å². The van der Waals surface area contributed by atoms with Crippen LogP contribution in [0.15, 0.2) is 41.2 Å². The normalized spacial score (nSPS) is 11.2. The lowest BCUT2D eigenvalue weighted by atomic mass is 9.98. The molecule has 33 heavy (non-hydrogen) atoms. The van der Waals surface area contributed by atoms with Gasteiger partial charge in [0.25, 0.3) is 0 Å². The average Bonchev–Trinajstić information content (AvgIpc) is 3.16. The molecule has 6 N–H and O–H groups in total. The molecule has 0 atom stereocenters. The van der Waals surface area contributed by atoms with E-state index in [1.165, 1.54) is 10.6 Å². The van der Waals surface area contributed by atoms with Gasteiger partial charge in [0.1, 0.15) is 11.5 Å². The lowest BCUT2D eigenvalue weighted by Gasteiger charge is -2.13. The van der Waals surface area contributed by atoms with Crippen molar-refractivity contribution in [2.75, 3.05) is 6.54 Å². The summed E-state index contributed by atoms with van der Waals surface area (Å²) in [6, 6.07) is 10.1. The van der Waals surface area contributed by atoms with E-state index < -0.39 is 5.69 Å². The minimum atomic E-state index is -0.456. The minimum absolute atomic E-state index is 0.00630. The maximum Gasteiger partial charge on any atom is 0.348 e. The van der Waals surface area contributed by atoms with Gasteiger partial charge in [-0.15, -0.1) is 0 Å². The first kappa shape index (κ1) is 24.1. The largest absolute Gasteiger partial charge is 0.508 e. The first-order valence-electron chi connectivity index (χ1n) is 11.1. The number of aromatic amines is 1. The van der Waals surface area contributed by atoms with Crippen LogP contribution in [0.3, 0.4) is 0 Å². The molecular weight excluding hydrogens is 422 g/mol. The number of benzene rings is 2. The Morgan fingerprint density at radius 1 is 1.12 bits per heavy atom. The van der Waals surface area contributed by atoms with Crippen molar-refractivity contribution < 1.29 is 15.0 Å². The van der Waals surface area contributed by atoms with Gasteiger partial charge in [-0.2, -0.15) is 5.10 Å². The Hall–Kier alpha value is -3.59. The number of nitrogens with one attached hydrogen (secondary N) is 2. The number of rotatable bonds is 10. The zero-order chi connectivity index (χ0) is 24.0. The Balaban J connectivity index is 1.78. The molecule has 0 aliphatic heterocycles. The SMILES string of the molecule is CC(C)c1cc(-c2n[nH]c(=O)n2-c2ccc(CNC(=O)CCCCCN)cc2)c(O)cc1O. The average molecular weight is 454 g/mol. The first-order valence-corrected chi connectivity index (χ1v) is 11.1. The van der Waals surface area contributed by atoms with Crippen LogP contribution in [0.1, 0.15) is 56.6 Å². The number of unbranched alkanes of at least 4 members (excludes halogenated alkanes) is 2. The van der Waals surface area contributed by atoms with Crippen molar-refractivity contribution in [3.63, 3.8) is 0 Å². The van der Waals surface area contributed by atoms with Crippen LogP contribution in [0.5, 0.6) is 11.5 Å². The summed E-state index contributed by atoms with van der Waals surface area (Å²) in [7, 11) is 0. The molecule has 0 unspecified atom stereocenters. The standard InChI is InChI=1S/C24H31N5O4/c1-15(2)18-12-19(21(31)13-20(18)30)23-27-28-24(33)29(23)17-9-7-16(8-10-17)14-26-22(32)6-4-3-5-11-25/h7-10,12-13,15,30-31H,3-6,11,14,25H2,1-2H3,(H,26,32)(H,28,33). The lowest BCUT2D eigenvalue weighted by molar-refractivity contribution is -0.121. The molecule has 9 nitrogen and oxygen atoms in total. The van der Waals surface area contributed by atoms with E-state index in [0.717, 1.165) is 24.8 Å². The number of aromatic hydroxyl groups is 2. The van der Waals surface area contributed by atoms with Crippen molar-refractivity contribution in [1.29, 1.82) is 0 Å². The third kappa shape index (κ3) is 5.81. The molecule has 3 aromatic rings. The van der Waals surface area contributed by atoms with E-state index >= 15 is 0 Å². The van der Waals surface area contributed by atoms with Gasteiger partial charge in [-0.3, -0.25) is 4.79 Å². The number of hydrogen-bond acceptors (Lipinski definition) is 6. The predicted octanol–water partition coefficient (Wildman–Crippen LogP) is 2.90. The van der Waals surface area contributed by atoms with Crippen LogP contribution >= 0.6 is 0 Å². The molecule has 1 amide bonds. The molecule has 0 spiro atoms. The van der Waals surface area contributed by atoms with Crippen LogP contribution in [-0.4, -0.2) is 37.4 Å². The fraction of sp³-hybridized carbons (Fsp3) is 0.375. The van der Waals surface area contributed by atoms with Gasteiger partial charge in [0.15, 0.2) is 5.82 Å². The first-order chi connectivity index (χ1) is 15.8. The van der Waals surface area contributed by atoms with Crippen molar-refractivity contribution in [1.82, 2.24) is 20.1 Å². The second-order valence-electron chi connectivity index (χ2n) is 8.31. The topological polar surface area (TPSA) is 146 Å². The second kappa shape index (κ2) is 10.8. The summed E-state index contributed by atoms with van der Waals surface area (Å²) in [5.74, 6) is 0.0501. The highest BCUT2D eigenvalue weighted by atomic mass is 16.3.